The Kier molecular flexibility index (Phi) is 6.69. The zero-order valence-electron chi connectivity index (χ0n) is 16.5. The molecule has 0 fully saturated rings. The molecule has 0 atom stereocenters. The second-order valence-corrected chi connectivity index (χ2v) is 8.97. The number of nitrogens with one attached hydrogen (secondary N) is 1. The number of benzene rings is 2. The fraction of sp³-hybridized carbons (Fsp3) is 0.190. The van der Waals surface area contributed by atoms with E-state index in [0.29, 0.717) is 22.0 Å². The van der Waals surface area contributed by atoms with Crippen LogP contribution in [0, 0.1) is 13.8 Å². The van der Waals surface area contributed by atoms with Crippen LogP contribution in [0.2, 0.25) is 5.02 Å². The molecular formula is C21H21ClN4O3S. The lowest BCUT2D eigenvalue weighted by Crippen LogP contribution is -2.41. The molecule has 30 heavy (non-hydrogen) atoms. The SMILES string of the molecule is Cc1ccc(S(=O)(=O)N(CC(=O)NCc2cccnn2)c2cccc(Cl)c2C)cc1. The van der Waals surface area contributed by atoms with Crippen LogP contribution in [-0.4, -0.2) is 31.1 Å². The van der Waals surface area contributed by atoms with E-state index in [1.807, 2.05) is 6.92 Å². The predicted octanol–water partition coefficient (Wildman–Crippen LogP) is 3.26. The highest BCUT2D eigenvalue weighted by atomic mass is 35.5. The number of aryl methyl sites for hydroxylation is 1. The first-order chi connectivity index (χ1) is 14.3. The Balaban J connectivity index is 1.92. The molecule has 1 heterocycles. The largest absolute Gasteiger partial charge is 0.349 e. The maximum Gasteiger partial charge on any atom is 0.264 e. The van der Waals surface area contributed by atoms with Crippen LogP contribution in [-0.2, 0) is 21.4 Å². The van der Waals surface area contributed by atoms with Crippen molar-refractivity contribution >= 4 is 33.2 Å². The second-order valence-electron chi connectivity index (χ2n) is 6.70. The van der Waals surface area contributed by atoms with E-state index in [9.17, 15) is 13.2 Å². The van der Waals surface area contributed by atoms with E-state index >= 15 is 0 Å². The van der Waals surface area contributed by atoms with Gasteiger partial charge < -0.3 is 5.32 Å². The Morgan fingerprint density at radius 2 is 1.80 bits per heavy atom. The third kappa shape index (κ3) is 4.95. The van der Waals surface area contributed by atoms with Gasteiger partial charge in [0.25, 0.3) is 10.0 Å². The highest BCUT2D eigenvalue weighted by molar-refractivity contribution is 7.92. The van der Waals surface area contributed by atoms with Crippen molar-refractivity contribution in [1.82, 2.24) is 15.5 Å². The van der Waals surface area contributed by atoms with E-state index in [4.69, 9.17) is 11.6 Å². The first kappa shape index (κ1) is 21.7. The molecule has 0 saturated carbocycles. The van der Waals surface area contributed by atoms with Gasteiger partial charge in [-0.2, -0.15) is 10.2 Å². The van der Waals surface area contributed by atoms with Crippen LogP contribution in [0.15, 0.2) is 65.7 Å². The Morgan fingerprint density at radius 1 is 1.07 bits per heavy atom. The summed E-state index contributed by atoms with van der Waals surface area (Å²) in [4.78, 5) is 12.7. The number of hydrogen-bond acceptors (Lipinski definition) is 5. The minimum absolute atomic E-state index is 0.0919. The van der Waals surface area contributed by atoms with Gasteiger partial charge >= 0.3 is 0 Å². The second kappa shape index (κ2) is 9.23. The molecule has 9 heteroatoms. The van der Waals surface area contributed by atoms with Gasteiger partial charge in [-0.05, 0) is 55.8 Å². The van der Waals surface area contributed by atoms with Crippen molar-refractivity contribution in [2.45, 2.75) is 25.3 Å². The van der Waals surface area contributed by atoms with E-state index in [1.54, 1.807) is 49.4 Å². The van der Waals surface area contributed by atoms with Crippen molar-refractivity contribution in [1.29, 1.82) is 0 Å². The molecule has 156 valence electrons. The smallest absolute Gasteiger partial charge is 0.264 e. The first-order valence-corrected chi connectivity index (χ1v) is 11.0. The van der Waals surface area contributed by atoms with Crippen LogP contribution in [0.25, 0.3) is 0 Å². The molecule has 1 N–H and O–H groups in total. The van der Waals surface area contributed by atoms with Gasteiger partial charge in [-0.15, -0.1) is 0 Å². The van der Waals surface area contributed by atoms with Crippen molar-refractivity contribution in [2.24, 2.45) is 0 Å². The lowest BCUT2D eigenvalue weighted by molar-refractivity contribution is -0.119. The van der Waals surface area contributed by atoms with Gasteiger partial charge in [0.15, 0.2) is 0 Å². The van der Waals surface area contributed by atoms with Gasteiger partial charge in [0.05, 0.1) is 22.8 Å². The van der Waals surface area contributed by atoms with Crippen LogP contribution in [0.5, 0.6) is 0 Å². The van der Waals surface area contributed by atoms with Crippen LogP contribution in [0.4, 0.5) is 5.69 Å². The lowest BCUT2D eigenvalue weighted by atomic mass is 10.2. The monoisotopic (exact) mass is 444 g/mol. The van der Waals surface area contributed by atoms with E-state index in [0.717, 1.165) is 9.87 Å². The van der Waals surface area contributed by atoms with Gasteiger partial charge in [0.2, 0.25) is 5.91 Å². The molecule has 2 aromatic carbocycles. The van der Waals surface area contributed by atoms with Crippen LogP contribution >= 0.6 is 11.6 Å². The Bertz CT molecular complexity index is 1140. The average molecular weight is 445 g/mol. The van der Waals surface area contributed by atoms with Crippen molar-refractivity contribution in [3.8, 4) is 0 Å². The van der Waals surface area contributed by atoms with Gasteiger partial charge in [0.1, 0.15) is 6.54 Å². The van der Waals surface area contributed by atoms with Crippen molar-refractivity contribution < 1.29 is 13.2 Å². The summed E-state index contributed by atoms with van der Waals surface area (Å²) in [6.45, 7) is 3.32. The topological polar surface area (TPSA) is 92.3 Å². The number of aromatic nitrogens is 2. The summed E-state index contributed by atoms with van der Waals surface area (Å²) >= 11 is 6.22. The van der Waals surface area contributed by atoms with E-state index < -0.39 is 22.5 Å². The Morgan fingerprint density at radius 3 is 2.47 bits per heavy atom. The number of nitrogens with zero attached hydrogens (tertiary/aromatic N) is 3. The third-order valence-corrected chi connectivity index (χ3v) is 6.68. The van der Waals surface area contributed by atoms with Gasteiger partial charge in [-0.3, -0.25) is 9.10 Å². The van der Waals surface area contributed by atoms with E-state index in [1.165, 1.54) is 18.3 Å². The molecule has 0 saturated heterocycles. The van der Waals surface area contributed by atoms with Crippen molar-refractivity contribution in [3.63, 3.8) is 0 Å². The number of carbonyl (C=O) groups excluding carboxylic acids is 1. The zero-order chi connectivity index (χ0) is 21.7. The molecule has 1 amide bonds. The van der Waals surface area contributed by atoms with Crippen LogP contribution < -0.4 is 9.62 Å². The predicted molar refractivity (Wildman–Crippen MR) is 116 cm³/mol. The molecule has 7 nitrogen and oxygen atoms in total. The molecule has 3 aromatic rings. The summed E-state index contributed by atoms with van der Waals surface area (Å²) in [5.41, 5.74) is 2.41. The quantitative estimate of drug-likeness (QED) is 0.603. The summed E-state index contributed by atoms with van der Waals surface area (Å²) in [6, 6.07) is 14.8. The molecule has 0 aliphatic rings. The number of anilines is 1. The molecule has 0 aliphatic heterocycles. The van der Waals surface area contributed by atoms with Gasteiger partial charge in [-0.25, -0.2) is 8.42 Å². The molecule has 0 unspecified atom stereocenters. The summed E-state index contributed by atoms with van der Waals surface area (Å²) in [7, 11) is -4.00. The van der Waals surface area contributed by atoms with E-state index in [2.05, 4.69) is 15.5 Å². The maximum absolute atomic E-state index is 13.4. The Hall–Kier alpha value is -2.97. The molecular weight excluding hydrogens is 424 g/mol. The number of hydrogen-bond donors (Lipinski definition) is 1. The molecule has 0 bridgehead atoms. The number of sulfonamides is 1. The highest BCUT2D eigenvalue weighted by Gasteiger charge is 2.28. The number of amides is 1. The van der Waals surface area contributed by atoms with E-state index in [-0.39, 0.29) is 11.4 Å². The average Bonchev–Trinajstić information content (AvgIpc) is 2.74. The molecule has 0 radical (unpaired) electrons. The number of rotatable bonds is 7. The molecule has 1 aromatic heterocycles. The summed E-state index contributed by atoms with van der Waals surface area (Å²) in [5.74, 6) is -0.476. The number of halogens is 1. The number of carbonyl (C=O) groups is 1. The van der Waals surface area contributed by atoms with Crippen LogP contribution in [0.3, 0.4) is 0 Å². The molecule has 0 aliphatic carbocycles. The zero-order valence-corrected chi connectivity index (χ0v) is 18.1. The summed E-state index contributed by atoms with van der Waals surface area (Å²) in [6.07, 6.45) is 1.53. The van der Waals surface area contributed by atoms with Crippen molar-refractivity contribution in [3.05, 3.63) is 82.6 Å². The normalized spacial score (nSPS) is 11.2. The fourth-order valence-electron chi connectivity index (χ4n) is 2.81. The summed E-state index contributed by atoms with van der Waals surface area (Å²) in [5, 5.41) is 10.8. The minimum atomic E-state index is -4.00. The Labute approximate surface area is 180 Å². The standard InChI is InChI=1S/C21H21ClN4O3S/c1-15-8-10-18(11-9-15)30(28,29)26(20-7-3-6-19(22)16(20)2)14-21(27)23-13-17-5-4-12-24-25-17/h3-12H,13-14H2,1-2H3,(H,23,27). The maximum atomic E-state index is 13.4. The molecule has 3 rings (SSSR count). The molecule has 0 spiro atoms. The highest BCUT2D eigenvalue weighted by Crippen LogP contribution is 2.30. The van der Waals surface area contributed by atoms with Crippen molar-refractivity contribution in [2.75, 3.05) is 10.8 Å². The fourth-order valence-corrected chi connectivity index (χ4v) is 4.45. The third-order valence-electron chi connectivity index (χ3n) is 4.50. The lowest BCUT2D eigenvalue weighted by Gasteiger charge is -2.26. The summed E-state index contributed by atoms with van der Waals surface area (Å²) < 4.78 is 27.9. The van der Waals surface area contributed by atoms with Crippen LogP contribution in [0.1, 0.15) is 16.8 Å². The van der Waals surface area contributed by atoms with Gasteiger partial charge in [0, 0.05) is 11.2 Å². The first-order valence-electron chi connectivity index (χ1n) is 9.17. The minimum Gasteiger partial charge on any atom is -0.349 e. The van der Waals surface area contributed by atoms with Gasteiger partial charge in [-0.1, -0.05) is 35.4 Å².